The van der Waals surface area contributed by atoms with E-state index in [4.69, 9.17) is 0 Å². The number of nitrogens with one attached hydrogen (secondary N) is 1. The third-order valence-corrected chi connectivity index (χ3v) is 3.34. The zero-order chi connectivity index (χ0) is 12.3. The summed E-state index contributed by atoms with van der Waals surface area (Å²) in [4.78, 5) is 11.6. The quantitative estimate of drug-likeness (QED) is 0.832. The van der Waals surface area contributed by atoms with Crippen molar-refractivity contribution in [2.45, 2.75) is 24.3 Å². The summed E-state index contributed by atoms with van der Waals surface area (Å²) in [5.74, 6) is 0.0187. The Balaban J connectivity index is 2.16. The fraction of sp³-hybridized carbons (Fsp3) is 0.364. The predicted molar refractivity (Wildman–Crippen MR) is 67.0 cm³/mol. The number of rotatable bonds is 4. The van der Waals surface area contributed by atoms with Crippen molar-refractivity contribution in [1.82, 2.24) is 19.9 Å². The van der Waals surface area contributed by atoms with E-state index in [1.54, 1.807) is 0 Å². The lowest BCUT2D eigenvalue weighted by atomic mass is 10.4. The lowest BCUT2D eigenvalue weighted by Gasteiger charge is -2.08. The van der Waals surface area contributed by atoms with Crippen molar-refractivity contribution in [2.24, 2.45) is 0 Å². The van der Waals surface area contributed by atoms with Crippen molar-refractivity contribution in [1.29, 1.82) is 0 Å². The zero-order valence-electron chi connectivity index (χ0n) is 9.75. The number of fused-ring (bicyclic) bond motifs is 1. The minimum Gasteiger partial charge on any atom is -0.355 e. The van der Waals surface area contributed by atoms with E-state index in [-0.39, 0.29) is 11.2 Å². The standard InChI is InChI=1S/C11H14N4OS/c1-3-12-10(16)8(2)17-11-14-13-9-6-4-5-7-15(9)11/h4-8H,3H2,1-2H3,(H,12,16)/t8-/m1/s1. The number of hydrogen-bond donors (Lipinski definition) is 1. The summed E-state index contributed by atoms with van der Waals surface area (Å²) in [5, 5.41) is 11.5. The number of aromatic nitrogens is 3. The summed E-state index contributed by atoms with van der Waals surface area (Å²) in [6.07, 6.45) is 1.89. The molecule has 0 saturated heterocycles. The van der Waals surface area contributed by atoms with Gasteiger partial charge in [-0.05, 0) is 26.0 Å². The Hall–Kier alpha value is -1.56. The minimum atomic E-state index is -0.178. The number of amides is 1. The van der Waals surface area contributed by atoms with Gasteiger partial charge in [0, 0.05) is 12.7 Å². The van der Waals surface area contributed by atoms with Crippen LogP contribution >= 0.6 is 11.8 Å². The maximum atomic E-state index is 11.6. The van der Waals surface area contributed by atoms with E-state index in [1.165, 1.54) is 11.8 Å². The fourth-order valence-corrected chi connectivity index (χ4v) is 2.29. The topological polar surface area (TPSA) is 59.3 Å². The van der Waals surface area contributed by atoms with Crippen molar-refractivity contribution >= 4 is 23.3 Å². The molecule has 2 rings (SSSR count). The van der Waals surface area contributed by atoms with Gasteiger partial charge in [0.2, 0.25) is 5.91 Å². The molecular formula is C11H14N4OS. The van der Waals surface area contributed by atoms with E-state index >= 15 is 0 Å². The number of hydrogen-bond acceptors (Lipinski definition) is 4. The number of pyridine rings is 1. The third kappa shape index (κ3) is 2.58. The molecule has 0 aliphatic heterocycles. The molecule has 5 nitrogen and oxygen atoms in total. The Morgan fingerprint density at radius 3 is 3.12 bits per heavy atom. The van der Waals surface area contributed by atoms with E-state index in [0.29, 0.717) is 6.54 Å². The van der Waals surface area contributed by atoms with Crippen molar-refractivity contribution in [3.63, 3.8) is 0 Å². The molecule has 0 saturated carbocycles. The maximum absolute atomic E-state index is 11.6. The third-order valence-electron chi connectivity index (χ3n) is 2.28. The molecule has 17 heavy (non-hydrogen) atoms. The van der Waals surface area contributed by atoms with Crippen LogP contribution < -0.4 is 5.32 Å². The Bertz CT molecular complexity index is 525. The summed E-state index contributed by atoms with van der Waals surface area (Å²) >= 11 is 1.41. The molecule has 0 unspecified atom stereocenters. The molecule has 0 radical (unpaired) electrons. The molecule has 2 aromatic heterocycles. The van der Waals surface area contributed by atoms with Crippen LogP contribution in [0.4, 0.5) is 0 Å². The zero-order valence-corrected chi connectivity index (χ0v) is 10.6. The molecule has 2 aromatic rings. The van der Waals surface area contributed by atoms with Gasteiger partial charge < -0.3 is 5.32 Å². The van der Waals surface area contributed by atoms with Crippen LogP contribution in [0.25, 0.3) is 5.65 Å². The highest BCUT2D eigenvalue weighted by Crippen LogP contribution is 2.21. The van der Waals surface area contributed by atoms with Gasteiger partial charge in [0.1, 0.15) is 0 Å². The SMILES string of the molecule is CCNC(=O)[C@@H](C)Sc1nnc2ccccn12. The summed E-state index contributed by atoms with van der Waals surface area (Å²) in [5.41, 5.74) is 0.790. The van der Waals surface area contributed by atoms with E-state index in [9.17, 15) is 4.79 Å². The van der Waals surface area contributed by atoms with Crippen LogP contribution in [-0.4, -0.2) is 32.3 Å². The molecule has 1 amide bonds. The van der Waals surface area contributed by atoms with E-state index < -0.39 is 0 Å². The van der Waals surface area contributed by atoms with Gasteiger partial charge in [0.05, 0.1) is 5.25 Å². The molecule has 0 fully saturated rings. The highest BCUT2D eigenvalue weighted by atomic mass is 32.2. The predicted octanol–water partition coefficient (Wildman–Crippen LogP) is 1.35. The molecule has 1 atom stereocenters. The van der Waals surface area contributed by atoms with Gasteiger partial charge in [0.25, 0.3) is 0 Å². The molecule has 0 bridgehead atoms. The van der Waals surface area contributed by atoms with Crippen LogP contribution in [0.3, 0.4) is 0 Å². The Morgan fingerprint density at radius 1 is 1.53 bits per heavy atom. The van der Waals surface area contributed by atoms with Crippen LogP contribution in [0.15, 0.2) is 29.6 Å². The number of carbonyl (C=O) groups excluding carboxylic acids is 1. The van der Waals surface area contributed by atoms with Crippen LogP contribution in [0.2, 0.25) is 0 Å². The van der Waals surface area contributed by atoms with Crippen molar-refractivity contribution in [3.05, 3.63) is 24.4 Å². The second-order valence-electron chi connectivity index (χ2n) is 3.57. The van der Waals surface area contributed by atoms with Gasteiger partial charge in [0.15, 0.2) is 10.8 Å². The summed E-state index contributed by atoms with van der Waals surface area (Å²) < 4.78 is 1.88. The highest BCUT2D eigenvalue weighted by Gasteiger charge is 2.16. The maximum Gasteiger partial charge on any atom is 0.233 e. The second kappa shape index (κ2) is 5.18. The first-order valence-electron chi connectivity index (χ1n) is 5.46. The monoisotopic (exact) mass is 250 g/mol. The van der Waals surface area contributed by atoms with Gasteiger partial charge in [-0.15, -0.1) is 10.2 Å². The summed E-state index contributed by atoms with van der Waals surface area (Å²) in [6.45, 7) is 4.41. The number of nitrogens with zero attached hydrogens (tertiary/aromatic N) is 3. The molecule has 0 spiro atoms. The van der Waals surface area contributed by atoms with Crippen molar-refractivity contribution in [3.8, 4) is 0 Å². The Kier molecular flexibility index (Phi) is 3.63. The summed E-state index contributed by atoms with van der Waals surface area (Å²) in [7, 11) is 0. The summed E-state index contributed by atoms with van der Waals surface area (Å²) in [6, 6.07) is 5.71. The average Bonchev–Trinajstić information content (AvgIpc) is 2.73. The molecule has 90 valence electrons. The van der Waals surface area contributed by atoms with E-state index in [0.717, 1.165) is 10.8 Å². The Labute approximate surface area is 104 Å². The van der Waals surface area contributed by atoms with Gasteiger partial charge in [-0.1, -0.05) is 17.8 Å². The van der Waals surface area contributed by atoms with Gasteiger partial charge in [-0.3, -0.25) is 9.20 Å². The molecule has 2 heterocycles. The van der Waals surface area contributed by atoms with E-state index in [2.05, 4.69) is 15.5 Å². The number of thioether (sulfide) groups is 1. The fourth-order valence-electron chi connectivity index (χ4n) is 1.43. The van der Waals surface area contributed by atoms with Crippen LogP contribution in [0.5, 0.6) is 0 Å². The molecule has 0 aliphatic rings. The van der Waals surface area contributed by atoms with Crippen LogP contribution in [0, 0.1) is 0 Å². The minimum absolute atomic E-state index is 0.0187. The van der Waals surface area contributed by atoms with E-state index in [1.807, 2.05) is 42.6 Å². The van der Waals surface area contributed by atoms with Gasteiger partial charge in [-0.25, -0.2) is 0 Å². The van der Waals surface area contributed by atoms with Gasteiger partial charge >= 0.3 is 0 Å². The molecule has 6 heteroatoms. The molecule has 0 aliphatic carbocycles. The average molecular weight is 250 g/mol. The van der Waals surface area contributed by atoms with Crippen LogP contribution in [0.1, 0.15) is 13.8 Å². The normalized spacial score (nSPS) is 12.6. The van der Waals surface area contributed by atoms with Crippen molar-refractivity contribution < 1.29 is 4.79 Å². The highest BCUT2D eigenvalue weighted by molar-refractivity contribution is 8.00. The first-order chi connectivity index (χ1) is 8.22. The molecular weight excluding hydrogens is 236 g/mol. The van der Waals surface area contributed by atoms with Crippen molar-refractivity contribution in [2.75, 3.05) is 6.54 Å². The Morgan fingerprint density at radius 2 is 2.35 bits per heavy atom. The second-order valence-corrected chi connectivity index (χ2v) is 4.87. The smallest absolute Gasteiger partial charge is 0.233 e. The molecule has 1 N–H and O–H groups in total. The lowest BCUT2D eigenvalue weighted by Crippen LogP contribution is -2.30. The lowest BCUT2D eigenvalue weighted by molar-refractivity contribution is -0.120. The molecule has 0 aromatic carbocycles. The number of carbonyl (C=O) groups is 1. The first-order valence-corrected chi connectivity index (χ1v) is 6.34. The van der Waals surface area contributed by atoms with Gasteiger partial charge in [-0.2, -0.15) is 0 Å². The largest absolute Gasteiger partial charge is 0.355 e. The van der Waals surface area contributed by atoms with Crippen LogP contribution in [-0.2, 0) is 4.79 Å². The first kappa shape index (κ1) is 11.9.